The van der Waals surface area contributed by atoms with E-state index >= 15 is 0 Å². The number of para-hydroxylation sites is 1. The van der Waals surface area contributed by atoms with Gasteiger partial charge in [0, 0.05) is 6.54 Å². The predicted octanol–water partition coefficient (Wildman–Crippen LogP) is 3.86. The van der Waals surface area contributed by atoms with Gasteiger partial charge >= 0.3 is 5.97 Å². The standard InChI is InChI=1S/C26H26N2O5S/c1-19(20-9-3-2-4-10-20)27-25(29)18-33-26(30)22-12-7-14-23(17-22)34(31,32)28-16-8-13-21-11-5-6-15-24(21)28/h2-7,9-12,14-15,17,19H,8,13,16,18H2,1H3,(H,27,29)/t19-/m0/s1. The Morgan fingerprint density at radius 1 is 1.00 bits per heavy atom. The largest absolute Gasteiger partial charge is 0.452 e. The van der Waals surface area contributed by atoms with Gasteiger partial charge in [0.2, 0.25) is 0 Å². The molecule has 4 rings (SSSR count). The van der Waals surface area contributed by atoms with Gasteiger partial charge in [-0.05, 0) is 55.2 Å². The predicted molar refractivity (Wildman–Crippen MR) is 129 cm³/mol. The third-order valence-corrected chi connectivity index (χ3v) is 7.55. The molecule has 0 aliphatic carbocycles. The van der Waals surface area contributed by atoms with Crippen LogP contribution in [-0.2, 0) is 26.0 Å². The van der Waals surface area contributed by atoms with Crippen LogP contribution < -0.4 is 9.62 Å². The lowest BCUT2D eigenvalue weighted by atomic mass is 10.0. The van der Waals surface area contributed by atoms with Crippen molar-refractivity contribution in [2.75, 3.05) is 17.5 Å². The molecule has 34 heavy (non-hydrogen) atoms. The van der Waals surface area contributed by atoms with Crippen LogP contribution >= 0.6 is 0 Å². The molecule has 0 unspecified atom stereocenters. The molecule has 0 fully saturated rings. The summed E-state index contributed by atoms with van der Waals surface area (Å²) in [6.07, 6.45) is 1.54. The minimum atomic E-state index is -3.86. The molecule has 1 aliphatic heterocycles. The number of carbonyl (C=O) groups excluding carboxylic acids is 2. The molecule has 1 atom stereocenters. The highest BCUT2D eigenvalue weighted by molar-refractivity contribution is 7.92. The molecular formula is C26H26N2O5S. The second-order valence-corrected chi connectivity index (χ2v) is 9.98. The van der Waals surface area contributed by atoms with Gasteiger partial charge < -0.3 is 10.1 Å². The van der Waals surface area contributed by atoms with Crippen LogP contribution in [-0.4, -0.2) is 33.4 Å². The average Bonchev–Trinajstić information content (AvgIpc) is 2.87. The summed E-state index contributed by atoms with van der Waals surface area (Å²) in [7, 11) is -3.86. The van der Waals surface area contributed by atoms with E-state index in [0.717, 1.165) is 17.5 Å². The van der Waals surface area contributed by atoms with E-state index in [1.807, 2.05) is 55.5 Å². The van der Waals surface area contributed by atoms with E-state index in [0.29, 0.717) is 18.7 Å². The lowest BCUT2D eigenvalue weighted by molar-refractivity contribution is -0.124. The maximum atomic E-state index is 13.4. The van der Waals surface area contributed by atoms with Gasteiger partial charge in [-0.1, -0.05) is 54.6 Å². The summed E-state index contributed by atoms with van der Waals surface area (Å²) >= 11 is 0. The minimum absolute atomic E-state index is 0.000745. The first-order valence-electron chi connectivity index (χ1n) is 11.1. The second kappa shape index (κ2) is 10.1. The van der Waals surface area contributed by atoms with Crippen molar-refractivity contribution in [2.45, 2.75) is 30.7 Å². The maximum Gasteiger partial charge on any atom is 0.338 e. The maximum absolute atomic E-state index is 13.4. The lowest BCUT2D eigenvalue weighted by Gasteiger charge is -2.30. The zero-order valence-corrected chi connectivity index (χ0v) is 19.6. The molecule has 7 nitrogen and oxygen atoms in total. The molecule has 0 radical (unpaired) electrons. The van der Waals surface area contributed by atoms with E-state index in [2.05, 4.69) is 5.32 Å². The average molecular weight is 479 g/mol. The number of aryl methyl sites for hydroxylation is 1. The Morgan fingerprint density at radius 2 is 1.74 bits per heavy atom. The zero-order chi connectivity index (χ0) is 24.1. The molecule has 0 saturated heterocycles. The van der Waals surface area contributed by atoms with E-state index in [-0.39, 0.29) is 16.5 Å². The molecular weight excluding hydrogens is 452 g/mol. The highest BCUT2D eigenvalue weighted by atomic mass is 32.2. The summed E-state index contributed by atoms with van der Waals surface area (Å²) in [4.78, 5) is 24.8. The first kappa shape index (κ1) is 23.5. The number of sulfonamides is 1. The van der Waals surface area contributed by atoms with E-state index in [4.69, 9.17) is 4.74 Å². The molecule has 0 aromatic heterocycles. The number of benzene rings is 3. The smallest absolute Gasteiger partial charge is 0.338 e. The summed E-state index contributed by atoms with van der Waals surface area (Å²) in [6.45, 7) is 1.74. The van der Waals surface area contributed by atoms with Gasteiger partial charge in [0.05, 0.1) is 22.2 Å². The number of amides is 1. The first-order chi connectivity index (χ1) is 16.4. The molecule has 1 aliphatic rings. The number of anilines is 1. The molecule has 8 heteroatoms. The summed E-state index contributed by atoms with van der Waals surface area (Å²) in [5.74, 6) is -1.21. The molecule has 0 spiro atoms. The van der Waals surface area contributed by atoms with Gasteiger partial charge in [-0.3, -0.25) is 9.10 Å². The highest BCUT2D eigenvalue weighted by Gasteiger charge is 2.29. The fraction of sp³-hybridized carbons (Fsp3) is 0.231. The number of esters is 1. The lowest BCUT2D eigenvalue weighted by Crippen LogP contribution is -2.35. The van der Waals surface area contributed by atoms with Gasteiger partial charge in [-0.25, -0.2) is 13.2 Å². The Hall–Kier alpha value is -3.65. The van der Waals surface area contributed by atoms with Crippen LogP contribution in [0.25, 0.3) is 0 Å². The van der Waals surface area contributed by atoms with Crippen LogP contribution in [0.5, 0.6) is 0 Å². The van der Waals surface area contributed by atoms with Crippen molar-refractivity contribution in [3.8, 4) is 0 Å². The van der Waals surface area contributed by atoms with E-state index in [1.54, 1.807) is 6.07 Å². The summed E-state index contributed by atoms with van der Waals surface area (Å²) < 4.78 is 33.2. The van der Waals surface area contributed by atoms with Gasteiger partial charge in [0.1, 0.15) is 0 Å². The Kier molecular flexibility index (Phi) is 6.98. The topological polar surface area (TPSA) is 92.8 Å². The normalized spacial score (nSPS) is 14.1. The molecule has 1 heterocycles. The zero-order valence-electron chi connectivity index (χ0n) is 18.8. The van der Waals surface area contributed by atoms with Crippen molar-refractivity contribution in [2.24, 2.45) is 0 Å². The third kappa shape index (κ3) is 5.12. The van der Waals surface area contributed by atoms with Crippen molar-refractivity contribution < 1.29 is 22.7 Å². The number of rotatable bonds is 7. The Morgan fingerprint density at radius 3 is 2.53 bits per heavy atom. The van der Waals surface area contributed by atoms with Crippen LogP contribution in [0.3, 0.4) is 0 Å². The van der Waals surface area contributed by atoms with Crippen LogP contribution in [0.2, 0.25) is 0 Å². The van der Waals surface area contributed by atoms with E-state index in [1.165, 1.54) is 28.6 Å². The summed E-state index contributed by atoms with van der Waals surface area (Å²) in [5.41, 5.74) is 2.63. The van der Waals surface area contributed by atoms with Crippen LogP contribution in [0.1, 0.15) is 40.9 Å². The molecule has 1 N–H and O–H groups in total. The molecule has 0 saturated carbocycles. The van der Waals surface area contributed by atoms with Gasteiger partial charge in [0.25, 0.3) is 15.9 Å². The van der Waals surface area contributed by atoms with Crippen LogP contribution in [0.15, 0.2) is 83.8 Å². The molecule has 0 bridgehead atoms. The van der Waals surface area contributed by atoms with E-state index < -0.39 is 28.5 Å². The molecule has 176 valence electrons. The van der Waals surface area contributed by atoms with Gasteiger partial charge in [0.15, 0.2) is 6.61 Å². The summed E-state index contributed by atoms with van der Waals surface area (Å²) in [5, 5.41) is 2.77. The second-order valence-electron chi connectivity index (χ2n) is 8.11. The van der Waals surface area contributed by atoms with E-state index in [9.17, 15) is 18.0 Å². The van der Waals surface area contributed by atoms with Gasteiger partial charge in [-0.2, -0.15) is 0 Å². The fourth-order valence-electron chi connectivity index (χ4n) is 3.98. The minimum Gasteiger partial charge on any atom is -0.452 e. The monoisotopic (exact) mass is 478 g/mol. The quantitative estimate of drug-likeness (QED) is 0.521. The number of nitrogens with zero attached hydrogens (tertiary/aromatic N) is 1. The third-order valence-electron chi connectivity index (χ3n) is 5.74. The van der Waals surface area contributed by atoms with Crippen molar-refractivity contribution in [3.05, 3.63) is 95.6 Å². The van der Waals surface area contributed by atoms with Crippen molar-refractivity contribution in [3.63, 3.8) is 0 Å². The number of hydrogen-bond donors (Lipinski definition) is 1. The fourth-order valence-corrected chi connectivity index (χ4v) is 5.57. The van der Waals surface area contributed by atoms with Crippen LogP contribution in [0.4, 0.5) is 5.69 Å². The number of fused-ring (bicyclic) bond motifs is 1. The Bertz CT molecular complexity index is 1290. The SMILES string of the molecule is C[C@H](NC(=O)COC(=O)c1cccc(S(=O)(=O)N2CCCc3ccccc32)c1)c1ccccc1. The number of hydrogen-bond acceptors (Lipinski definition) is 5. The van der Waals surface area contributed by atoms with Crippen LogP contribution in [0, 0.1) is 0 Å². The first-order valence-corrected chi connectivity index (χ1v) is 12.5. The van der Waals surface area contributed by atoms with Crippen molar-refractivity contribution in [1.82, 2.24) is 5.32 Å². The Balaban J connectivity index is 1.43. The number of nitrogens with one attached hydrogen (secondary N) is 1. The Labute approximate surface area is 199 Å². The van der Waals surface area contributed by atoms with Gasteiger partial charge in [-0.15, -0.1) is 0 Å². The number of carbonyl (C=O) groups is 2. The van der Waals surface area contributed by atoms with Crippen molar-refractivity contribution >= 4 is 27.6 Å². The molecule has 1 amide bonds. The van der Waals surface area contributed by atoms with Crippen molar-refractivity contribution in [1.29, 1.82) is 0 Å². The molecule has 3 aromatic carbocycles. The summed E-state index contributed by atoms with van der Waals surface area (Å²) in [6, 6.07) is 22.3. The number of ether oxygens (including phenoxy) is 1. The molecule has 3 aromatic rings. The highest BCUT2D eigenvalue weighted by Crippen LogP contribution is 2.32.